The normalized spacial score (nSPS) is 49.3. The minimum Gasteiger partial charge on any atom is -0.468 e. The van der Waals surface area contributed by atoms with Gasteiger partial charge in [-0.1, -0.05) is 0 Å². The molecule has 98 valence electrons. The summed E-state index contributed by atoms with van der Waals surface area (Å²) in [6.45, 7) is 2.49. The first-order chi connectivity index (χ1) is 8.62. The number of Topliss-reactive ketones (excluding diaryl/α,β-unsaturated/α-hetero) is 1. The molecule has 5 fully saturated rings. The molecule has 4 bridgehead atoms. The minimum atomic E-state index is -0.620. The van der Waals surface area contributed by atoms with E-state index in [-0.39, 0.29) is 29.0 Å². The molecule has 0 saturated heterocycles. The van der Waals surface area contributed by atoms with Crippen molar-refractivity contribution in [3.63, 3.8) is 0 Å². The highest BCUT2D eigenvalue weighted by atomic mass is 16.5. The Labute approximate surface area is 106 Å². The number of ketones is 1. The number of methoxy groups -OCH3 is 1. The third-order valence-electron chi connectivity index (χ3n) is 6.07. The van der Waals surface area contributed by atoms with Crippen molar-refractivity contribution in [2.45, 2.75) is 38.2 Å². The van der Waals surface area contributed by atoms with Gasteiger partial charge in [-0.3, -0.25) is 9.59 Å². The number of fused-ring (bicyclic) bond motifs is 1. The van der Waals surface area contributed by atoms with E-state index < -0.39 is 11.0 Å². The van der Waals surface area contributed by atoms with Gasteiger partial charge >= 0.3 is 5.97 Å². The van der Waals surface area contributed by atoms with Crippen molar-refractivity contribution < 1.29 is 19.1 Å². The Bertz CT molecular complexity index is 462. The summed E-state index contributed by atoms with van der Waals surface area (Å²) in [5.41, 5.74) is -1.24. The summed E-state index contributed by atoms with van der Waals surface area (Å²) < 4.78 is 11.0. The van der Waals surface area contributed by atoms with Crippen LogP contribution in [-0.2, 0) is 19.1 Å². The smallest absolute Gasteiger partial charge is 0.316 e. The summed E-state index contributed by atoms with van der Waals surface area (Å²) in [7, 11) is 1.43. The summed E-state index contributed by atoms with van der Waals surface area (Å²) in [5, 5.41) is 0. The van der Waals surface area contributed by atoms with Crippen molar-refractivity contribution in [3.05, 3.63) is 0 Å². The van der Waals surface area contributed by atoms with Gasteiger partial charge in [0.25, 0.3) is 0 Å². The van der Waals surface area contributed by atoms with Gasteiger partial charge in [-0.25, -0.2) is 0 Å². The van der Waals surface area contributed by atoms with Crippen LogP contribution in [0.5, 0.6) is 0 Å². The van der Waals surface area contributed by atoms with E-state index in [1.54, 1.807) is 0 Å². The van der Waals surface area contributed by atoms with Gasteiger partial charge in [0.15, 0.2) is 0 Å². The second kappa shape index (κ2) is 2.82. The van der Waals surface area contributed by atoms with Gasteiger partial charge in [0.05, 0.1) is 18.6 Å². The molecule has 0 aromatic heterocycles. The fourth-order valence-corrected chi connectivity index (χ4v) is 5.59. The average Bonchev–Trinajstić information content (AvgIpc) is 3.21. The van der Waals surface area contributed by atoms with Gasteiger partial charge in [0.1, 0.15) is 11.2 Å². The molecule has 0 aromatic rings. The quantitative estimate of drug-likeness (QED) is 0.709. The first kappa shape index (κ1) is 11.0. The van der Waals surface area contributed by atoms with Crippen molar-refractivity contribution in [3.8, 4) is 0 Å². The third kappa shape index (κ3) is 0.731. The van der Waals surface area contributed by atoms with E-state index >= 15 is 0 Å². The van der Waals surface area contributed by atoms with E-state index in [9.17, 15) is 9.59 Å². The molecular formula is C14H18O4. The number of carbonyl (C=O) groups is 2. The molecule has 4 nitrogen and oxygen atoms in total. The largest absolute Gasteiger partial charge is 0.468 e. The lowest BCUT2D eigenvalue weighted by molar-refractivity contribution is -0.162. The van der Waals surface area contributed by atoms with Crippen molar-refractivity contribution in [1.29, 1.82) is 0 Å². The predicted molar refractivity (Wildman–Crippen MR) is 61.7 cm³/mol. The fourth-order valence-electron chi connectivity index (χ4n) is 5.59. The molecule has 5 saturated carbocycles. The van der Waals surface area contributed by atoms with Gasteiger partial charge in [0.2, 0.25) is 0 Å². The Morgan fingerprint density at radius 2 is 2.11 bits per heavy atom. The zero-order valence-electron chi connectivity index (χ0n) is 10.8. The monoisotopic (exact) mass is 250 g/mol. The second-order valence-corrected chi connectivity index (χ2v) is 6.20. The Hall–Kier alpha value is -0.900. The SMILES string of the molecule is CCO[C@@]12CC[C@H]3C(=O)[C@@H]1[C@]2(C(=O)OC)C31CC1. The topological polar surface area (TPSA) is 52.6 Å². The molecule has 0 heterocycles. The first-order valence-electron chi connectivity index (χ1n) is 6.88. The zero-order chi connectivity index (χ0) is 12.8. The fraction of sp³-hybridized carbons (Fsp3) is 0.857. The molecular weight excluding hydrogens is 232 g/mol. The second-order valence-electron chi connectivity index (χ2n) is 6.20. The molecule has 0 aliphatic heterocycles. The summed E-state index contributed by atoms with van der Waals surface area (Å²) in [4.78, 5) is 24.9. The van der Waals surface area contributed by atoms with Crippen LogP contribution in [0.1, 0.15) is 32.6 Å². The van der Waals surface area contributed by atoms with Crippen LogP contribution in [0.25, 0.3) is 0 Å². The van der Waals surface area contributed by atoms with Crippen LogP contribution in [0, 0.1) is 22.7 Å². The Balaban J connectivity index is 1.88. The number of esters is 1. The number of hydrogen-bond acceptors (Lipinski definition) is 4. The maximum Gasteiger partial charge on any atom is 0.316 e. The van der Waals surface area contributed by atoms with Gasteiger partial charge in [0, 0.05) is 12.5 Å². The van der Waals surface area contributed by atoms with E-state index in [0.29, 0.717) is 6.61 Å². The van der Waals surface area contributed by atoms with Crippen molar-refractivity contribution in [2.75, 3.05) is 13.7 Å². The highest BCUT2D eigenvalue weighted by molar-refractivity contribution is 6.06. The summed E-state index contributed by atoms with van der Waals surface area (Å²) in [5.74, 6) is -0.0332. The molecule has 0 amide bonds. The average molecular weight is 250 g/mol. The molecule has 18 heavy (non-hydrogen) atoms. The van der Waals surface area contributed by atoms with Crippen molar-refractivity contribution in [2.24, 2.45) is 22.7 Å². The van der Waals surface area contributed by atoms with E-state index in [0.717, 1.165) is 25.7 Å². The molecule has 0 aromatic carbocycles. The Kier molecular flexibility index (Phi) is 1.72. The van der Waals surface area contributed by atoms with Crippen LogP contribution in [0.4, 0.5) is 0 Å². The van der Waals surface area contributed by atoms with E-state index in [1.165, 1.54) is 7.11 Å². The van der Waals surface area contributed by atoms with Crippen LogP contribution in [-0.4, -0.2) is 31.1 Å². The number of ether oxygens (including phenoxy) is 2. The Morgan fingerprint density at radius 3 is 2.67 bits per heavy atom. The number of hydrogen-bond donors (Lipinski definition) is 0. The van der Waals surface area contributed by atoms with Gasteiger partial charge < -0.3 is 9.47 Å². The molecule has 0 radical (unpaired) electrons. The van der Waals surface area contributed by atoms with Crippen LogP contribution in [0.3, 0.4) is 0 Å². The van der Waals surface area contributed by atoms with Crippen LogP contribution >= 0.6 is 0 Å². The lowest BCUT2D eigenvalue weighted by Crippen LogP contribution is -2.47. The molecule has 5 aliphatic rings. The lowest BCUT2D eigenvalue weighted by atomic mass is 9.67. The Morgan fingerprint density at radius 1 is 1.39 bits per heavy atom. The molecule has 4 heteroatoms. The molecule has 4 atom stereocenters. The standard InChI is InChI=1S/C14H18O4/c1-3-18-13-5-4-8-9(15)10(13)14(13,11(16)17-2)12(8)6-7-12/h8,10H,3-7H2,1-2H3/t8-,10-,13-,14-/m0/s1. The summed E-state index contributed by atoms with van der Waals surface area (Å²) >= 11 is 0. The predicted octanol–water partition coefficient (Wildman–Crippen LogP) is 1.32. The number of rotatable bonds is 3. The third-order valence-corrected chi connectivity index (χ3v) is 6.07. The maximum atomic E-state index is 12.5. The zero-order valence-corrected chi connectivity index (χ0v) is 10.8. The van der Waals surface area contributed by atoms with E-state index in [2.05, 4.69) is 0 Å². The van der Waals surface area contributed by atoms with E-state index in [1.807, 2.05) is 6.92 Å². The molecule has 5 rings (SSSR count). The molecule has 0 N–H and O–H groups in total. The van der Waals surface area contributed by atoms with Gasteiger partial charge in [-0.15, -0.1) is 0 Å². The van der Waals surface area contributed by atoms with E-state index in [4.69, 9.17) is 9.47 Å². The highest BCUT2D eigenvalue weighted by Gasteiger charge is 3.00. The first-order valence-corrected chi connectivity index (χ1v) is 6.88. The summed E-state index contributed by atoms with van der Waals surface area (Å²) in [6, 6.07) is 0. The van der Waals surface area contributed by atoms with Crippen LogP contribution in [0.2, 0.25) is 0 Å². The van der Waals surface area contributed by atoms with Crippen LogP contribution in [0.15, 0.2) is 0 Å². The van der Waals surface area contributed by atoms with Crippen LogP contribution < -0.4 is 0 Å². The van der Waals surface area contributed by atoms with Gasteiger partial charge in [-0.2, -0.15) is 0 Å². The molecule has 0 unspecified atom stereocenters. The van der Waals surface area contributed by atoms with Crippen molar-refractivity contribution in [1.82, 2.24) is 0 Å². The molecule has 1 spiro atoms. The van der Waals surface area contributed by atoms with Crippen molar-refractivity contribution >= 4 is 11.8 Å². The molecule has 5 aliphatic carbocycles. The van der Waals surface area contributed by atoms with Gasteiger partial charge in [-0.05, 0) is 38.0 Å². The highest BCUT2D eigenvalue weighted by Crippen LogP contribution is 2.91. The maximum absolute atomic E-state index is 12.5. The number of carbonyl (C=O) groups excluding carboxylic acids is 2. The summed E-state index contributed by atoms with van der Waals surface area (Å²) in [6.07, 6.45) is 3.72. The lowest BCUT2D eigenvalue weighted by Gasteiger charge is -2.40. The minimum absolute atomic E-state index is 0.101.